The first kappa shape index (κ1) is 18.8. The lowest BCUT2D eigenvalue weighted by molar-refractivity contribution is 0.0591. The number of hydrogen-bond donors (Lipinski definition) is 0. The molecule has 2 aromatic rings. The van der Waals surface area contributed by atoms with Crippen LogP contribution in [0.1, 0.15) is 48.5 Å². The van der Waals surface area contributed by atoms with E-state index >= 15 is 0 Å². The first-order valence-electron chi connectivity index (χ1n) is 8.72. The molecule has 0 spiro atoms. The Morgan fingerprint density at radius 2 is 1.44 bits per heavy atom. The predicted molar refractivity (Wildman–Crippen MR) is 97.8 cm³/mol. The maximum Gasteiger partial charge on any atom is 0.250 e. The van der Waals surface area contributed by atoms with Gasteiger partial charge in [-0.1, -0.05) is 18.2 Å². The van der Waals surface area contributed by atoms with E-state index in [-0.39, 0.29) is 40.5 Å². The van der Waals surface area contributed by atoms with Crippen molar-refractivity contribution in [1.82, 2.24) is 4.98 Å². The van der Waals surface area contributed by atoms with Crippen molar-refractivity contribution in [2.24, 2.45) is 0 Å². The zero-order chi connectivity index (χ0) is 19.7. The molecule has 1 aliphatic carbocycles. The molecule has 27 heavy (non-hydrogen) atoms. The van der Waals surface area contributed by atoms with Crippen molar-refractivity contribution in [1.29, 1.82) is 0 Å². The number of Topliss-reactive ketones (excluding diaryl/α,β-unsaturated/α-hetero) is 2. The minimum Gasteiger partial charge on any atom is -0.483 e. The number of carbonyl (C=O) groups is 2. The first-order valence-corrected chi connectivity index (χ1v) is 8.72. The Morgan fingerprint density at radius 3 is 2.04 bits per heavy atom. The van der Waals surface area contributed by atoms with E-state index in [1.165, 1.54) is 18.3 Å². The van der Waals surface area contributed by atoms with Crippen LogP contribution in [-0.2, 0) is 9.47 Å². The summed E-state index contributed by atoms with van der Waals surface area (Å²) in [6.45, 7) is 6.98. The molecule has 0 saturated heterocycles. The van der Waals surface area contributed by atoms with E-state index in [1.54, 1.807) is 45.9 Å². The number of pyridine rings is 1. The van der Waals surface area contributed by atoms with Crippen LogP contribution in [0.15, 0.2) is 48.0 Å². The summed E-state index contributed by atoms with van der Waals surface area (Å²) in [6, 6.07) is 7.58. The minimum atomic E-state index is -0.549. The van der Waals surface area contributed by atoms with E-state index < -0.39 is 17.4 Å². The molecule has 0 unspecified atom stereocenters. The highest BCUT2D eigenvalue weighted by Gasteiger charge is 2.39. The van der Waals surface area contributed by atoms with Gasteiger partial charge in [0.05, 0.1) is 17.8 Å². The Kier molecular flexibility index (Phi) is 5.08. The number of ether oxygens (including phenoxy) is 2. The second-order valence-corrected chi connectivity index (χ2v) is 6.71. The number of fused-ring (bicyclic) bond motifs is 1. The van der Waals surface area contributed by atoms with Crippen LogP contribution in [-0.4, -0.2) is 28.8 Å². The van der Waals surface area contributed by atoms with Crippen LogP contribution in [0, 0.1) is 5.82 Å². The lowest BCUT2D eigenvalue weighted by atomic mass is 9.89. The second-order valence-electron chi connectivity index (χ2n) is 6.71. The Bertz CT molecular complexity index is 947. The highest BCUT2D eigenvalue weighted by atomic mass is 19.1. The number of rotatable bonds is 5. The third kappa shape index (κ3) is 3.47. The molecule has 0 aliphatic heterocycles. The van der Waals surface area contributed by atoms with E-state index in [1.807, 2.05) is 0 Å². The highest BCUT2D eigenvalue weighted by Crippen LogP contribution is 2.35. The molecule has 1 aliphatic rings. The Hall–Kier alpha value is -3.02. The molecule has 0 radical (unpaired) electrons. The molecule has 0 amide bonds. The monoisotopic (exact) mass is 369 g/mol. The lowest BCUT2D eigenvalue weighted by Crippen LogP contribution is -2.29. The van der Waals surface area contributed by atoms with E-state index in [0.29, 0.717) is 5.56 Å². The first-order chi connectivity index (χ1) is 12.8. The Morgan fingerprint density at radius 1 is 0.852 bits per heavy atom. The molecule has 3 rings (SSSR count). The number of benzene rings is 1. The molecular formula is C21H20FNO4. The van der Waals surface area contributed by atoms with Crippen LogP contribution in [0.25, 0.3) is 11.1 Å². The number of aromatic nitrogens is 1. The number of allylic oxidation sites excluding steroid dienone is 2. The van der Waals surface area contributed by atoms with Crippen LogP contribution in [0.4, 0.5) is 4.39 Å². The van der Waals surface area contributed by atoms with Gasteiger partial charge in [-0.05, 0) is 45.4 Å². The Labute approximate surface area is 156 Å². The van der Waals surface area contributed by atoms with Crippen LogP contribution < -0.4 is 0 Å². The smallest absolute Gasteiger partial charge is 0.250 e. The van der Waals surface area contributed by atoms with Gasteiger partial charge in [0.25, 0.3) is 5.78 Å². The van der Waals surface area contributed by atoms with Gasteiger partial charge in [0, 0.05) is 11.8 Å². The summed E-state index contributed by atoms with van der Waals surface area (Å²) in [5, 5.41) is 0. The number of nitrogens with zero attached hydrogens (tertiary/aromatic N) is 1. The van der Waals surface area contributed by atoms with Crippen molar-refractivity contribution in [3.05, 3.63) is 65.1 Å². The van der Waals surface area contributed by atoms with Gasteiger partial charge < -0.3 is 9.47 Å². The zero-order valence-electron chi connectivity index (χ0n) is 15.6. The van der Waals surface area contributed by atoms with Gasteiger partial charge in [-0.15, -0.1) is 0 Å². The largest absolute Gasteiger partial charge is 0.483 e. The van der Waals surface area contributed by atoms with Crippen LogP contribution in [0.3, 0.4) is 0 Å². The van der Waals surface area contributed by atoms with Crippen molar-refractivity contribution in [3.8, 4) is 11.1 Å². The Balaban J connectivity index is 2.24. The normalized spacial score (nSPS) is 14.0. The topological polar surface area (TPSA) is 65.5 Å². The van der Waals surface area contributed by atoms with Gasteiger partial charge >= 0.3 is 0 Å². The summed E-state index contributed by atoms with van der Waals surface area (Å²) in [7, 11) is 0. The lowest BCUT2D eigenvalue weighted by Gasteiger charge is -2.24. The third-order valence-corrected chi connectivity index (χ3v) is 3.88. The van der Waals surface area contributed by atoms with Crippen molar-refractivity contribution in [2.75, 3.05) is 0 Å². The molecule has 0 N–H and O–H groups in total. The molecule has 1 heterocycles. The van der Waals surface area contributed by atoms with Gasteiger partial charge in [0.2, 0.25) is 17.3 Å². The quantitative estimate of drug-likeness (QED) is 0.785. The molecular weight excluding hydrogens is 349 g/mol. The predicted octanol–water partition coefficient (Wildman–Crippen LogP) is 4.33. The summed E-state index contributed by atoms with van der Waals surface area (Å²) >= 11 is 0. The number of halogens is 1. The number of ketones is 2. The maximum atomic E-state index is 14.3. The summed E-state index contributed by atoms with van der Waals surface area (Å²) in [5.74, 6) is -1.91. The second kappa shape index (κ2) is 7.31. The standard InChI is InChI=1S/C21H20FNO4/c1-11(2)26-20-18(24)16-14(13-7-5-6-8-15(13)22)9-10-23-17(16)19(25)21(20)27-12(3)4/h5-12H,1-4H3. The van der Waals surface area contributed by atoms with E-state index in [2.05, 4.69) is 4.98 Å². The zero-order valence-corrected chi connectivity index (χ0v) is 15.6. The van der Waals surface area contributed by atoms with Crippen molar-refractivity contribution in [3.63, 3.8) is 0 Å². The summed E-state index contributed by atoms with van der Waals surface area (Å²) in [6.07, 6.45) is 0.698. The summed E-state index contributed by atoms with van der Waals surface area (Å²) in [4.78, 5) is 30.3. The molecule has 140 valence electrons. The fourth-order valence-electron chi connectivity index (χ4n) is 2.88. The maximum absolute atomic E-state index is 14.3. The number of hydrogen-bond acceptors (Lipinski definition) is 5. The van der Waals surface area contributed by atoms with E-state index in [9.17, 15) is 14.0 Å². The van der Waals surface area contributed by atoms with Gasteiger partial charge in [-0.25, -0.2) is 4.39 Å². The molecule has 0 atom stereocenters. The fourth-order valence-corrected chi connectivity index (χ4v) is 2.88. The molecule has 0 bridgehead atoms. The summed E-state index contributed by atoms with van der Waals surface area (Å²) < 4.78 is 25.6. The highest BCUT2D eigenvalue weighted by molar-refractivity contribution is 6.26. The van der Waals surface area contributed by atoms with E-state index in [4.69, 9.17) is 9.47 Å². The molecule has 6 heteroatoms. The summed E-state index contributed by atoms with van der Waals surface area (Å²) in [5.41, 5.74) is 0.478. The van der Waals surface area contributed by atoms with Crippen LogP contribution in [0.5, 0.6) is 0 Å². The van der Waals surface area contributed by atoms with Gasteiger partial charge in [0.1, 0.15) is 11.5 Å². The third-order valence-electron chi connectivity index (χ3n) is 3.88. The minimum absolute atomic E-state index is 0.0272. The average molecular weight is 369 g/mol. The number of carbonyl (C=O) groups excluding carboxylic acids is 2. The van der Waals surface area contributed by atoms with E-state index in [0.717, 1.165) is 0 Å². The molecule has 5 nitrogen and oxygen atoms in total. The van der Waals surface area contributed by atoms with Crippen molar-refractivity contribution in [2.45, 2.75) is 39.9 Å². The van der Waals surface area contributed by atoms with Crippen LogP contribution in [0.2, 0.25) is 0 Å². The molecule has 0 fully saturated rings. The fraction of sp³-hybridized carbons (Fsp3) is 0.286. The molecule has 0 saturated carbocycles. The van der Waals surface area contributed by atoms with Gasteiger partial charge in [0.15, 0.2) is 0 Å². The average Bonchev–Trinajstić information content (AvgIpc) is 2.62. The SMILES string of the molecule is CC(C)OC1=C(OC(C)C)C(=O)c2c(-c3ccccc3F)ccnc2C1=O. The van der Waals surface area contributed by atoms with Gasteiger partial charge in [-0.3, -0.25) is 14.6 Å². The van der Waals surface area contributed by atoms with Crippen molar-refractivity contribution < 1.29 is 23.5 Å². The van der Waals surface area contributed by atoms with Crippen molar-refractivity contribution >= 4 is 11.6 Å². The van der Waals surface area contributed by atoms with Crippen LogP contribution >= 0.6 is 0 Å². The molecule has 1 aromatic carbocycles. The molecule has 1 aromatic heterocycles. The van der Waals surface area contributed by atoms with Gasteiger partial charge in [-0.2, -0.15) is 0 Å².